The summed E-state index contributed by atoms with van der Waals surface area (Å²) in [6, 6.07) is 8.88. The fraction of sp³-hybridized carbons (Fsp3) is 0.429. The van der Waals surface area contributed by atoms with E-state index in [2.05, 4.69) is 18.2 Å². The molecule has 0 spiro atoms. The van der Waals surface area contributed by atoms with E-state index in [1.807, 2.05) is 6.07 Å². The Hall–Kier alpha value is -2.44. The molecule has 2 unspecified atom stereocenters. The van der Waals surface area contributed by atoms with Gasteiger partial charge in [-0.1, -0.05) is 6.07 Å². The van der Waals surface area contributed by atoms with Gasteiger partial charge < -0.3 is 29.0 Å². The van der Waals surface area contributed by atoms with Gasteiger partial charge in [0.05, 0.1) is 25.8 Å². The summed E-state index contributed by atoms with van der Waals surface area (Å²) in [5.41, 5.74) is 5.25. The Bertz CT molecular complexity index is 881. The predicted molar refractivity (Wildman–Crippen MR) is 97.8 cm³/mol. The number of hydrogen-bond acceptors (Lipinski definition) is 5. The Morgan fingerprint density at radius 1 is 1.19 bits per heavy atom. The third-order valence-corrected chi connectivity index (χ3v) is 5.92. The van der Waals surface area contributed by atoms with Crippen molar-refractivity contribution in [1.82, 2.24) is 0 Å². The van der Waals surface area contributed by atoms with Crippen LogP contribution in [0.4, 0.5) is 0 Å². The van der Waals surface area contributed by atoms with Crippen molar-refractivity contribution in [2.24, 2.45) is 0 Å². The molecule has 0 fully saturated rings. The molecule has 2 aromatic rings. The van der Waals surface area contributed by atoms with E-state index in [0.29, 0.717) is 12.8 Å². The van der Waals surface area contributed by atoms with Crippen LogP contribution < -0.4 is 23.8 Å². The second kappa shape index (κ2) is 6.62. The number of methoxy groups -OCH3 is 1. The van der Waals surface area contributed by atoms with Crippen molar-refractivity contribution in [1.29, 1.82) is 0 Å². The number of aliphatic hydroxyl groups excluding tert-OH is 1. The van der Waals surface area contributed by atoms with Crippen molar-refractivity contribution in [2.75, 3.05) is 33.7 Å². The minimum Gasteiger partial charge on any atom is -0.493 e. The van der Waals surface area contributed by atoms with Gasteiger partial charge in [-0.15, -0.1) is 0 Å². The predicted octanol–water partition coefficient (Wildman–Crippen LogP) is 1.03. The molecule has 3 aliphatic heterocycles. The summed E-state index contributed by atoms with van der Waals surface area (Å²) in [5, 5.41) is 9.18. The van der Waals surface area contributed by atoms with Crippen LogP contribution in [-0.2, 0) is 19.4 Å². The van der Waals surface area contributed by atoms with Crippen LogP contribution in [0.2, 0.25) is 0 Å². The van der Waals surface area contributed by atoms with Gasteiger partial charge in [0.2, 0.25) is 6.79 Å². The van der Waals surface area contributed by atoms with Crippen molar-refractivity contribution < 1.29 is 29.0 Å². The zero-order valence-electron chi connectivity index (χ0n) is 15.4. The highest BCUT2D eigenvalue weighted by molar-refractivity contribution is 5.53. The Labute approximate surface area is 158 Å². The number of quaternary nitrogens is 1. The van der Waals surface area contributed by atoms with Crippen molar-refractivity contribution in [3.8, 4) is 23.0 Å². The topological polar surface area (TPSA) is 61.6 Å². The monoisotopic (exact) mass is 370 g/mol. The molecular formula is C21H24NO5+. The first-order valence-corrected chi connectivity index (χ1v) is 9.48. The SMILES string of the molecule is COc1ccc2c(c1OCCO)C[NH+]1CCc3cc4c(cc3C1C2)OCO4. The van der Waals surface area contributed by atoms with Gasteiger partial charge in [0.15, 0.2) is 23.0 Å². The summed E-state index contributed by atoms with van der Waals surface area (Å²) >= 11 is 0. The number of fused-ring (bicyclic) bond motifs is 5. The van der Waals surface area contributed by atoms with Gasteiger partial charge in [0, 0.05) is 18.4 Å². The van der Waals surface area contributed by atoms with Gasteiger partial charge in [-0.2, -0.15) is 0 Å². The maximum Gasteiger partial charge on any atom is 0.231 e. The molecule has 3 aliphatic rings. The number of aliphatic hydroxyl groups is 1. The highest BCUT2D eigenvalue weighted by Crippen LogP contribution is 2.41. The molecule has 142 valence electrons. The first-order chi connectivity index (χ1) is 13.3. The van der Waals surface area contributed by atoms with Gasteiger partial charge in [0.1, 0.15) is 19.2 Å². The summed E-state index contributed by atoms with van der Waals surface area (Å²) in [5.74, 6) is 3.26. The van der Waals surface area contributed by atoms with Crippen LogP contribution >= 0.6 is 0 Å². The second-order valence-corrected chi connectivity index (χ2v) is 7.30. The Balaban J connectivity index is 1.53. The molecule has 0 saturated carbocycles. The molecule has 2 atom stereocenters. The van der Waals surface area contributed by atoms with E-state index in [9.17, 15) is 5.11 Å². The molecule has 0 aromatic heterocycles. The van der Waals surface area contributed by atoms with E-state index in [1.165, 1.54) is 27.2 Å². The number of benzene rings is 2. The highest BCUT2D eigenvalue weighted by atomic mass is 16.7. The summed E-state index contributed by atoms with van der Waals surface area (Å²) in [6.07, 6.45) is 1.99. The minimum atomic E-state index is -0.00737. The van der Waals surface area contributed by atoms with Crippen molar-refractivity contribution >= 4 is 0 Å². The van der Waals surface area contributed by atoms with Crippen LogP contribution in [0.3, 0.4) is 0 Å². The standard InChI is InChI=1S/C21H23NO5/c1-24-18-3-2-13-8-17-15-10-20-19(26-12-27-20)9-14(15)4-5-22(17)11-16(13)21(18)25-7-6-23/h2-3,9-10,17,23H,4-8,11-12H2,1H3/p+1. The summed E-state index contributed by atoms with van der Waals surface area (Å²) in [7, 11) is 1.66. The van der Waals surface area contributed by atoms with Gasteiger partial charge in [-0.25, -0.2) is 0 Å². The van der Waals surface area contributed by atoms with E-state index in [-0.39, 0.29) is 13.2 Å². The lowest BCUT2D eigenvalue weighted by Crippen LogP contribution is -3.13. The normalized spacial score (nSPS) is 21.9. The molecule has 5 rings (SSSR count). The van der Waals surface area contributed by atoms with E-state index in [0.717, 1.165) is 48.9 Å². The smallest absolute Gasteiger partial charge is 0.231 e. The molecule has 3 heterocycles. The van der Waals surface area contributed by atoms with E-state index in [1.54, 1.807) is 7.11 Å². The molecule has 0 aliphatic carbocycles. The van der Waals surface area contributed by atoms with Crippen LogP contribution in [0.15, 0.2) is 24.3 Å². The average Bonchev–Trinajstić information content (AvgIpc) is 3.16. The van der Waals surface area contributed by atoms with Crippen LogP contribution in [0.5, 0.6) is 23.0 Å². The maximum atomic E-state index is 9.18. The van der Waals surface area contributed by atoms with Gasteiger partial charge in [0.25, 0.3) is 0 Å². The fourth-order valence-corrected chi connectivity index (χ4v) is 4.64. The van der Waals surface area contributed by atoms with E-state index >= 15 is 0 Å². The largest absolute Gasteiger partial charge is 0.493 e. The third-order valence-electron chi connectivity index (χ3n) is 5.92. The van der Waals surface area contributed by atoms with Crippen LogP contribution in [0.1, 0.15) is 28.3 Å². The average molecular weight is 370 g/mol. The summed E-state index contributed by atoms with van der Waals surface area (Å²) in [6.45, 7) is 2.55. The first-order valence-electron chi connectivity index (χ1n) is 9.48. The minimum absolute atomic E-state index is 0.00737. The fourth-order valence-electron chi connectivity index (χ4n) is 4.64. The van der Waals surface area contributed by atoms with Crippen LogP contribution in [0, 0.1) is 0 Å². The van der Waals surface area contributed by atoms with Gasteiger partial charge >= 0.3 is 0 Å². The maximum absolute atomic E-state index is 9.18. The quantitative estimate of drug-likeness (QED) is 0.842. The molecule has 27 heavy (non-hydrogen) atoms. The molecule has 0 saturated heterocycles. The summed E-state index contributed by atoms with van der Waals surface area (Å²) < 4.78 is 22.5. The molecule has 2 N–H and O–H groups in total. The molecule has 6 nitrogen and oxygen atoms in total. The Morgan fingerprint density at radius 3 is 2.85 bits per heavy atom. The number of hydrogen-bond donors (Lipinski definition) is 2. The lowest BCUT2D eigenvalue weighted by molar-refractivity contribution is -0.949. The van der Waals surface area contributed by atoms with E-state index in [4.69, 9.17) is 18.9 Å². The zero-order valence-corrected chi connectivity index (χ0v) is 15.4. The molecule has 2 aromatic carbocycles. The molecule has 0 radical (unpaired) electrons. The number of rotatable bonds is 4. The summed E-state index contributed by atoms with van der Waals surface area (Å²) in [4.78, 5) is 1.54. The van der Waals surface area contributed by atoms with Crippen LogP contribution in [0.25, 0.3) is 0 Å². The molecular weight excluding hydrogens is 346 g/mol. The Kier molecular flexibility index (Phi) is 4.10. The molecule has 0 amide bonds. The van der Waals surface area contributed by atoms with Crippen molar-refractivity contribution in [2.45, 2.75) is 25.4 Å². The lowest BCUT2D eigenvalue weighted by atomic mass is 9.83. The molecule has 0 bridgehead atoms. The molecule has 6 heteroatoms. The van der Waals surface area contributed by atoms with Crippen LogP contribution in [-0.4, -0.2) is 38.8 Å². The third kappa shape index (κ3) is 2.71. The Morgan fingerprint density at radius 2 is 2.04 bits per heavy atom. The highest BCUT2D eigenvalue weighted by Gasteiger charge is 2.38. The first kappa shape index (κ1) is 16.7. The van der Waals surface area contributed by atoms with Crippen molar-refractivity contribution in [3.63, 3.8) is 0 Å². The lowest BCUT2D eigenvalue weighted by Gasteiger charge is -2.39. The number of nitrogens with one attached hydrogen (secondary N) is 1. The van der Waals surface area contributed by atoms with Gasteiger partial charge in [-0.05, 0) is 29.3 Å². The van der Waals surface area contributed by atoms with Gasteiger partial charge in [-0.3, -0.25) is 0 Å². The number of ether oxygens (including phenoxy) is 4. The zero-order chi connectivity index (χ0) is 18.4. The second-order valence-electron chi connectivity index (χ2n) is 7.30. The van der Waals surface area contributed by atoms with Crippen molar-refractivity contribution in [3.05, 3.63) is 46.5 Å². The van der Waals surface area contributed by atoms with E-state index < -0.39 is 0 Å².